The summed E-state index contributed by atoms with van der Waals surface area (Å²) in [6.45, 7) is 3.96. The lowest BCUT2D eigenvalue weighted by Crippen LogP contribution is -2.17. The van der Waals surface area contributed by atoms with Crippen LogP contribution in [0.2, 0.25) is 0 Å². The minimum atomic E-state index is -1.55. The summed E-state index contributed by atoms with van der Waals surface area (Å²) in [6, 6.07) is 11.3. The Kier molecular flexibility index (Phi) is 8.02. The van der Waals surface area contributed by atoms with Crippen molar-refractivity contribution in [3.63, 3.8) is 0 Å². The zero-order chi connectivity index (χ0) is 27.6. The molecule has 0 bridgehead atoms. The van der Waals surface area contributed by atoms with E-state index in [9.17, 15) is 18.7 Å². The third kappa shape index (κ3) is 5.65. The number of methoxy groups -OCH3 is 1. The first-order valence-corrected chi connectivity index (χ1v) is 12.5. The normalized spacial score (nSPS) is 17.3. The van der Waals surface area contributed by atoms with Crippen LogP contribution in [0.3, 0.4) is 0 Å². The molecule has 1 fully saturated rings. The molecule has 3 aromatic carbocycles. The summed E-state index contributed by atoms with van der Waals surface area (Å²) in [6.07, 6.45) is 0.587. The molecule has 1 saturated carbocycles. The van der Waals surface area contributed by atoms with E-state index in [2.05, 4.69) is 13.8 Å². The van der Waals surface area contributed by atoms with Crippen LogP contribution < -0.4 is 9.47 Å². The summed E-state index contributed by atoms with van der Waals surface area (Å²) in [5.41, 5.74) is 1.31. The summed E-state index contributed by atoms with van der Waals surface area (Å²) in [7, 11) is 1.48. The minimum Gasteiger partial charge on any atom is -0.497 e. The number of carboxylic acid groups (broad SMARTS) is 1. The third-order valence-corrected chi connectivity index (χ3v) is 7.42. The topological polar surface area (TPSA) is 76.0 Å². The molecule has 0 radical (unpaired) electrons. The van der Waals surface area contributed by atoms with E-state index in [1.807, 2.05) is 0 Å². The molecule has 0 heterocycles. The summed E-state index contributed by atoms with van der Waals surface area (Å²) < 4.78 is 56.3. The average molecular weight is 529 g/mol. The fraction of sp³-hybridized carbons (Fsp3) is 0.367. The molecule has 1 aliphatic rings. The molecular weight excluding hydrogens is 497 g/mol. The quantitative estimate of drug-likeness (QED) is 0.308. The molecule has 0 spiro atoms. The van der Waals surface area contributed by atoms with Crippen LogP contribution in [0.15, 0.2) is 48.5 Å². The largest absolute Gasteiger partial charge is 0.497 e. The minimum absolute atomic E-state index is 0.0358. The Morgan fingerprint density at radius 3 is 2.50 bits per heavy atom. The van der Waals surface area contributed by atoms with Gasteiger partial charge in [0.15, 0.2) is 11.6 Å². The van der Waals surface area contributed by atoms with Gasteiger partial charge >= 0.3 is 5.97 Å². The van der Waals surface area contributed by atoms with E-state index >= 15 is 4.39 Å². The van der Waals surface area contributed by atoms with Crippen LogP contribution >= 0.6 is 0 Å². The molecule has 38 heavy (non-hydrogen) atoms. The van der Waals surface area contributed by atoms with Crippen molar-refractivity contribution in [2.45, 2.75) is 58.2 Å². The Balaban J connectivity index is 1.72. The average Bonchev–Trinajstić information content (AvgIpc) is 3.22. The molecule has 4 rings (SSSR count). The van der Waals surface area contributed by atoms with Crippen molar-refractivity contribution in [1.82, 2.24) is 0 Å². The molecule has 3 aromatic rings. The van der Waals surface area contributed by atoms with Gasteiger partial charge in [0.1, 0.15) is 24.0 Å². The van der Waals surface area contributed by atoms with Gasteiger partial charge in [0.25, 0.3) is 0 Å². The molecule has 0 aliphatic heterocycles. The van der Waals surface area contributed by atoms with Crippen LogP contribution in [-0.2, 0) is 11.4 Å². The van der Waals surface area contributed by atoms with Crippen molar-refractivity contribution in [2.75, 3.05) is 7.11 Å². The zero-order valence-electron chi connectivity index (χ0n) is 21.6. The molecule has 5 nitrogen and oxygen atoms in total. The second-order valence-electron chi connectivity index (χ2n) is 10.4. The Morgan fingerprint density at radius 2 is 1.84 bits per heavy atom. The summed E-state index contributed by atoms with van der Waals surface area (Å²) >= 11 is 0. The van der Waals surface area contributed by atoms with Crippen molar-refractivity contribution in [2.24, 2.45) is 5.41 Å². The maximum Gasteiger partial charge on any atom is 0.306 e. The predicted molar refractivity (Wildman–Crippen MR) is 137 cm³/mol. The lowest BCUT2D eigenvalue weighted by atomic mass is 9.75. The van der Waals surface area contributed by atoms with Crippen LogP contribution in [0.25, 0.3) is 11.1 Å². The van der Waals surface area contributed by atoms with E-state index in [0.29, 0.717) is 11.3 Å². The van der Waals surface area contributed by atoms with Crippen LogP contribution in [-0.4, -0.2) is 23.3 Å². The fourth-order valence-electron chi connectivity index (χ4n) is 5.34. The number of halogens is 3. The SMILES string of the molecule is COc1ccc(F)c(-c2cc(F)c(COc3cccc([C@H](O)CC(=O)O)c3F)cc2[C@@H]2CCCC2(C)C)c1. The standard InChI is InChI=1S/C30H31F3O5/c1-30(2)11-5-7-23(30)21-12-17(25(32)14-20(21)22-13-18(37-3)9-10-24(22)31)16-38-27-8-4-6-19(29(27)33)26(34)15-28(35)36/h4,6,8-10,12-14,23,26,34H,5,7,11,15-16H2,1-3H3,(H,35,36)/t23-,26+/m0/s1. The Bertz CT molecular complexity index is 1340. The first-order valence-electron chi connectivity index (χ1n) is 12.5. The van der Waals surface area contributed by atoms with E-state index in [-0.39, 0.29) is 40.4 Å². The lowest BCUT2D eigenvalue weighted by molar-refractivity contribution is -0.139. The number of hydrogen-bond donors (Lipinski definition) is 2. The highest BCUT2D eigenvalue weighted by Crippen LogP contribution is 2.51. The van der Waals surface area contributed by atoms with Crippen LogP contribution in [0.5, 0.6) is 11.5 Å². The lowest BCUT2D eigenvalue weighted by Gasteiger charge is -2.30. The highest BCUT2D eigenvalue weighted by atomic mass is 19.1. The first-order chi connectivity index (χ1) is 18.0. The number of carbonyl (C=O) groups is 1. The molecule has 0 unspecified atom stereocenters. The Hall–Kier alpha value is -3.52. The van der Waals surface area contributed by atoms with Gasteiger partial charge in [-0.1, -0.05) is 32.4 Å². The number of benzene rings is 3. The summed E-state index contributed by atoms with van der Waals surface area (Å²) in [5, 5.41) is 19.0. The predicted octanol–water partition coefficient (Wildman–Crippen LogP) is 7.16. The molecular formula is C30H31F3O5. The van der Waals surface area contributed by atoms with E-state index < -0.39 is 35.9 Å². The first kappa shape index (κ1) is 27.5. The second-order valence-corrected chi connectivity index (χ2v) is 10.4. The van der Waals surface area contributed by atoms with E-state index in [4.69, 9.17) is 14.6 Å². The number of carboxylic acids is 1. The maximum absolute atomic E-state index is 15.4. The maximum atomic E-state index is 15.4. The van der Waals surface area contributed by atoms with Crippen molar-refractivity contribution in [1.29, 1.82) is 0 Å². The number of rotatable bonds is 9. The van der Waals surface area contributed by atoms with Crippen LogP contribution in [0, 0.1) is 22.9 Å². The molecule has 1 aliphatic carbocycles. The third-order valence-electron chi connectivity index (χ3n) is 7.42. The number of aliphatic carboxylic acids is 1. The van der Waals surface area contributed by atoms with E-state index in [1.54, 1.807) is 12.1 Å². The number of aliphatic hydroxyl groups excluding tert-OH is 1. The molecule has 8 heteroatoms. The second kappa shape index (κ2) is 11.1. The highest BCUT2D eigenvalue weighted by Gasteiger charge is 2.37. The number of ether oxygens (including phenoxy) is 2. The molecule has 0 aromatic heterocycles. The Labute approximate surface area is 219 Å². The van der Waals surface area contributed by atoms with Crippen LogP contribution in [0.1, 0.15) is 68.2 Å². The van der Waals surface area contributed by atoms with Gasteiger partial charge in [-0.05, 0) is 71.7 Å². The van der Waals surface area contributed by atoms with Crippen LogP contribution in [0.4, 0.5) is 13.2 Å². The molecule has 0 saturated heterocycles. The van der Waals surface area contributed by atoms with Gasteiger partial charge in [0.2, 0.25) is 0 Å². The smallest absolute Gasteiger partial charge is 0.306 e. The van der Waals surface area contributed by atoms with Gasteiger partial charge in [0, 0.05) is 16.7 Å². The summed E-state index contributed by atoms with van der Waals surface area (Å²) in [4.78, 5) is 10.9. The molecule has 2 atom stereocenters. The highest BCUT2D eigenvalue weighted by molar-refractivity contribution is 5.71. The molecule has 202 valence electrons. The van der Waals surface area contributed by atoms with E-state index in [0.717, 1.165) is 24.8 Å². The van der Waals surface area contributed by atoms with Crippen molar-refractivity contribution < 1.29 is 37.7 Å². The molecule has 0 amide bonds. The van der Waals surface area contributed by atoms with Gasteiger partial charge in [-0.2, -0.15) is 0 Å². The zero-order valence-corrected chi connectivity index (χ0v) is 21.6. The van der Waals surface area contributed by atoms with Crippen molar-refractivity contribution in [3.8, 4) is 22.6 Å². The number of aliphatic hydroxyl groups is 1. The Morgan fingerprint density at radius 1 is 1.08 bits per heavy atom. The number of hydrogen-bond acceptors (Lipinski definition) is 4. The van der Waals surface area contributed by atoms with Gasteiger partial charge < -0.3 is 19.7 Å². The van der Waals surface area contributed by atoms with Crippen molar-refractivity contribution in [3.05, 3.63) is 82.7 Å². The molecule has 2 N–H and O–H groups in total. The van der Waals surface area contributed by atoms with Gasteiger partial charge in [-0.3, -0.25) is 4.79 Å². The van der Waals surface area contributed by atoms with Gasteiger partial charge in [0.05, 0.1) is 19.6 Å². The fourth-order valence-corrected chi connectivity index (χ4v) is 5.34. The van der Waals surface area contributed by atoms with Gasteiger partial charge in [-0.15, -0.1) is 0 Å². The van der Waals surface area contributed by atoms with Crippen molar-refractivity contribution >= 4 is 5.97 Å². The van der Waals surface area contributed by atoms with E-state index in [1.165, 1.54) is 43.5 Å². The van der Waals surface area contributed by atoms with Gasteiger partial charge in [-0.25, -0.2) is 13.2 Å². The summed E-state index contributed by atoms with van der Waals surface area (Å²) in [5.74, 6) is -3.07. The monoisotopic (exact) mass is 528 g/mol.